The number of nitrogens with zero attached hydrogens (tertiary/aromatic N) is 1. The lowest BCUT2D eigenvalue weighted by Gasteiger charge is -1.98. The minimum absolute atomic E-state index is 0.400. The average molecular weight is 184 g/mol. The predicted molar refractivity (Wildman–Crippen MR) is 51.7 cm³/mol. The number of nitrogens with two attached hydrogens (primary N) is 2. The zero-order chi connectivity index (χ0) is 8.97. The maximum absolute atomic E-state index is 5.65. The van der Waals surface area contributed by atoms with E-state index in [1.54, 1.807) is 18.3 Å². The summed E-state index contributed by atoms with van der Waals surface area (Å²) in [5, 5.41) is 0.400. The fourth-order valence-electron chi connectivity index (χ4n) is 0.789. The molecule has 64 valence electrons. The Morgan fingerprint density at radius 2 is 2.33 bits per heavy atom. The summed E-state index contributed by atoms with van der Waals surface area (Å²) >= 11 is 5.61. The fraction of sp³-hybridized carbons (Fsp3) is 0.125. The summed E-state index contributed by atoms with van der Waals surface area (Å²) in [5.74, 6) is 0. The highest BCUT2D eigenvalue weighted by Crippen LogP contribution is 2.15. The van der Waals surface area contributed by atoms with Gasteiger partial charge < -0.3 is 11.5 Å². The van der Waals surface area contributed by atoms with Gasteiger partial charge in [0.25, 0.3) is 0 Å². The molecule has 0 atom stereocenters. The van der Waals surface area contributed by atoms with E-state index in [1.165, 1.54) is 0 Å². The van der Waals surface area contributed by atoms with Crippen molar-refractivity contribution in [2.45, 2.75) is 0 Å². The molecule has 0 bridgehead atoms. The summed E-state index contributed by atoms with van der Waals surface area (Å²) in [6, 6.07) is 1.61. The van der Waals surface area contributed by atoms with Gasteiger partial charge in [-0.05, 0) is 6.07 Å². The zero-order valence-electron chi connectivity index (χ0n) is 6.50. The highest BCUT2D eigenvalue weighted by molar-refractivity contribution is 6.29. The van der Waals surface area contributed by atoms with Crippen LogP contribution in [0, 0.1) is 0 Å². The van der Waals surface area contributed by atoms with Crippen LogP contribution in [0.15, 0.2) is 18.3 Å². The number of nitrogen functional groups attached to an aromatic ring is 1. The zero-order valence-corrected chi connectivity index (χ0v) is 7.25. The molecular weight excluding hydrogens is 174 g/mol. The van der Waals surface area contributed by atoms with Crippen LogP contribution in [0.2, 0.25) is 5.15 Å². The minimum Gasteiger partial charge on any atom is -0.398 e. The summed E-state index contributed by atoms with van der Waals surface area (Å²) in [4.78, 5) is 3.89. The van der Waals surface area contributed by atoms with Gasteiger partial charge in [-0.3, -0.25) is 0 Å². The number of aromatic nitrogens is 1. The molecule has 0 fully saturated rings. The first-order valence-electron chi connectivity index (χ1n) is 3.51. The number of rotatable bonds is 2. The molecule has 0 saturated carbocycles. The quantitative estimate of drug-likeness (QED) is 0.680. The monoisotopic (exact) mass is 183 g/mol. The lowest BCUT2D eigenvalue weighted by molar-refractivity contribution is 1.26. The van der Waals surface area contributed by atoms with Crippen LogP contribution in [-0.2, 0) is 0 Å². The minimum atomic E-state index is 0.400. The summed E-state index contributed by atoms with van der Waals surface area (Å²) in [7, 11) is 0. The topological polar surface area (TPSA) is 64.9 Å². The van der Waals surface area contributed by atoms with Gasteiger partial charge in [0.15, 0.2) is 0 Å². The van der Waals surface area contributed by atoms with E-state index in [0.29, 0.717) is 17.4 Å². The molecule has 4 heteroatoms. The Labute approximate surface area is 76.0 Å². The molecule has 1 rings (SSSR count). The van der Waals surface area contributed by atoms with Crippen LogP contribution in [0.25, 0.3) is 6.08 Å². The summed E-state index contributed by atoms with van der Waals surface area (Å²) in [6.07, 6.45) is 5.24. The third-order valence-corrected chi connectivity index (χ3v) is 1.58. The van der Waals surface area contributed by atoms with Crippen LogP contribution >= 0.6 is 11.6 Å². The summed E-state index contributed by atoms with van der Waals surface area (Å²) < 4.78 is 0. The van der Waals surface area contributed by atoms with Gasteiger partial charge >= 0.3 is 0 Å². The standard InChI is InChI=1S/C8H10ClN3/c9-8-4-7(11)6(5-12-8)2-1-3-10/h1-2,4-5H,3,10H2,(H2,11,12). The molecule has 0 aliphatic carbocycles. The van der Waals surface area contributed by atoms with Crippen molar-refractivity contribution in [2.75, 3.05) is 12.3 Å². The van der Waals surface area contributed by atoms with E-state index in [-0.39, 0.29) is 0 Å². The Kier molecular flexibility index (Phi) is 3.08. The van der Waals surface area contributed by atoms with Gasteiger partial charge in [-0.15, -0.1) is 0 Å². The lowest BCUT2D eigenvalue weighted by Crippen LogP contribution is -1.94. The van der Waals surface area contributed by atoms with E-state index < -0.39 is 0 Å². The van der Waals surface area contributed by atoms with E-state index in [2.05, 4.69) is 4.98 Å². The molecule has 0 aliphatic rings. The number of hydrogen-bond acceptors (Lipinski definition) is 3. The molecule has 1 heterocycles. The number of halogens is 1. The first-order valence-corrected chi connectivity index (χ1v) is 3.89. The normalized spacial score (nSPS) is 10.8. The van der Waals surface area contributed by atoms with Gasteiger partial charge in [0.05, 0.1) is 0 Å². The molecule has 0 amide bonds. The van der Waals surface area contributed by atoms with Gasteiger partial charge in [0.1, 0.15) is 5.15 Å². The fourth-order valence-corrected chi connectivity index (χ4v) is 0.955. The third-order valence-electron chi connectivity index (χ3n) is 1.37. The second-order valence-electron chi connectivity index (χ2n) is 2.27. The highest BCUT2D eigenvalue weighted by atomic mass is 35.5. The van der Waals surface area contributed by atoms with Crippen molar-refractivity contribution in [2.24, 2.45) is 5.73 Å². The van der Waals surface area contributed by atoms with Gasteiger partial charge in [0.2, 0.25) is 0 Å². The van der Waals surface area contributed by atoms with Crippen molar-refractivity contribution in [1.82, 2.24) is 4.98 Å². The van der Waals surface area contributed by atoms with E-state index in [9.17, 15) is 0 Å². The molecule has 4 N–H and O–H groups in total. The van der Waals surface area contributed by atoms with Crippen molar-refractivity contribution in [3.63, 3.8) is 0 Å². The molecule has 0 unspecified atom stereocenters. The maximum atomic E-state index is 5.65. The van der Waals surface area contributed by atoms with Crippen molar-refractivity contribution in [3.05, 3.63) is 29.1 Å². The summed E-state index contributed by atoms with van der Waals surface area (Å²) in [6.45, 7) is 0.488. The molecule has 0 aliphatic heterocycles. The first-order chi connectivity index (χ1) is 5.74. The average Bonchev–Trinajstić information content (AvgIpc) is 2.03. The maximum Gasteiger partial charge on any atom is 0.131 e. The Morgan fingerprint density at radius 1 is 1.58 bits per heavy atom. The van der Waals surface area contributed by atoms with E-state index in [0.717, 1.165) is 5.56 Å². The predicted octanol–water partition coefficient (Wildman–Crippen LogP) is 1.29. The second kappa shape index (κ2) is 4.09. The first kappa shape index (κ1) is 9.03. The van der Waals surface area contributed by atoms with E-state index in [1.807, 2.05) is 6.08 Å². The van der Waals surface area contributed by atoms with Crippen molar-refractivity contribution < 1.29 is 0 Å². The van der Waals surface area contributed by atoms with Crippen molar-refractivity contribution >= 4 is 23.4 Å². The van der Waals surface area contributed by atoms with Crippen LogP contribution in [0.5, 0.6) is 0 Å². The second-order valence-corrected chi connectivity index (χ2v) is 2.66. The molecule has 1 aromatic rings. The van der Waals surface area contributed by atoms with Gasteiger partial charge in [0, 0.05) is 24.0 Å². The highest BCUT2D eigenvalue weighted by Gasteiger charge is 1.95. The summed E-state index contributed by atoms with van der Waals surface area (Å²) in [5.41, 5.74) is 12.4. The molecule has 0 spiro atoms. The molecule has 3 nitrogen and oxygen atoms in total. The largest absolute Gasteiger partial charge is 0.398 e. The van der Waals surface area contributed by atoms with E-state index >= 15 is 0 Å². The Bertz CT molecular complexity index is 296. The Morgan fingerprint density at radius 3 is 2.92 bits per heavy atom. The Balaban J connectivity index is 2.94. The number of anilines is 1. The molecular formula is C8H10ClN3. The van der Waals surface area contributed by atoms with E-state index in [4.69, 9.17) is 23.1 Å². The molecule has 12 heavy (non-hydrogen) atoms. The molecule has 0 saturated heterocycles. The lowest BCUT2D eigenvalue weighted by atomic mass is 10.2. The van der Waals surface area contributed by atoms with Gasteiger partial charge in [-0.25, -0.2) is 4.98 Å². The van der Waals surface area contributed by atoms with Crippen LogP contribution in [0.1, 0.15) is 5.56 Å². The molecule has 0 aromatic carbocycles. The van der Waals surface area contributed by atoms with Crippen molar-refractivity contribution in [3.8, 4) is 0 Å². The Hall–Kier alpha value is -1.06. The molecule has 0 radical (unpaired) electrons. The smallest absolute Gasteiger partial charge is 0.131 e. The molecule has 1 aromatic heterocycles. The van der Waals surface area contributed by atoms with Gasteiger partial charge in [-0.1, -0.05) is 23.8 Å². The van der Waals surface area contributed by atoms with Crippen LogP contribution < -0.4 is 11.5 Å². The van der Waals surface area contributed by atoms with Crippen molar-refractivity contribution in [1.29, 1.82) is 0 Å². The third kappa shape index (κ3) is 2.22. The number of pyridine rings is 1. The SMILES string of the molecule is NCC=Cc1cnc(Cl)cc1N. The van der Waals surface area contributed by atoms with Crippen LogP contribution in [0.3, 0.4) is 0 Å². The van der Waals surface area contributed by atoms with Crippen LogP contribution in [0.4, 0.5) is 5.69 Å². The van der Waals surface area contributed by atoms with Crippen LogP contribution in [-0.4, -0.2) is 11.5 Å². The van der Waals surface area contributed by atoms with Gasteiger partial charge in [-0.2, -0.15) is 0 Å². The number of hydrogen-bond donors (Lipinski definition) is 2.